The maximum atomic E-state index is 13.0. The van der Waals surface area contributed by atoms with Crippen molar-refractivity contribution in [3.8, 4) is 5.69 Å². The maximum absolute atomic E-state index is 13.0. The van der Waals surface area contributed by atoms with Gasteiger partial charge in [0.1, 0.15) is 4.32 Å². The molecule has 0 spiro atoms. The molecule has 140 valence electrons. The quantitative estimate of drug-likeness (QED) is 0.715. The molecule has 1 aliphatic rings. The van der Waals surface area contributed by atoms with Gasteiger partial charge >= 0.3 is 11.4 Å². The first kappa shape index (κ1) is 19.3. The van der Waals surface area contributed by atoms with Crippen LogP contribution in [0.4, 0.5) is 0 Å². The van der Waals surface area contributed by atoms with E-state index in [0.29, 0.717) is 27.5 Å². The Labute approximate surface area is 165 Å². The molecule has 2 aromatic rings. The van der Waals surface area contributed by atoms with Gasteiger partial charge in [0.25, 0.3) is 0 Å². The average molecular weight is 414 g/mol. The summed E-state index contributed by atoms with van der Waals surface area (Å²) in [6.45, 7) is 8.78. The minimum atomic E-state index is -0.750. The number of hydrogen-bond acceptors (Lipinski definition) is 5. The highest BCUT2D eigenvalue weighted by atomic mass is 35.5. The monoisotopic (exact) mass is 413 g/mol. The van der Waals surface area contributed by atoms with E-state index < -0.39 is 22.4 Å². The van der Waals surface area contributed by atoms with Gasteiger partial charge in [-0.1, -0.05) is 55.5 Å². The summed E-state index contributed by atoms with van der Waals surface area (Å²) in [5, 5.41) is 0.431. The molecule has 0 bridgehead atoms. The Morgan fingerprint density at radius 3 is 2.65 bits per heavy atom. The maximum Gasteiger partial charge on any atom is 0.447 e. The van der Waals surface area contributed by atoms with Crippen LogP contribution in [0.15, 0.2) is 38.4 Å². The molecule has 0 amide bonds. The summed E-state index contributed by atoms with van der Waals surface area (Å²) in [5.74, 6) is -0.414. The summed E-state index contributed by atoms with van der Waals surface area (Å²) in [6, 6.07) is 6.54. The Bertz CT molecular complexity index is 961. The zero-order chi connectivity index (χ0) is 19.2. The fourth-order valence-electron chi connectivity index (χ4n) is 3.11. The lowest BCUT2D eigenvalue weighted by atomic mass is 10.1. The van der Waals surface area contributed by atoms with E-state index in [0.717, 1.165) is 9.31 Å². The van der Waals surface area contributed by atoms with E-state index in [1.54, 1.807) is 24.3 Å². The lowest BCUT2D eigenvalue weighted by Crippen LogP contribution is -2.43. The standard InChI is InChI=1S/C17H20ClN3O3S2/c1-10(2)9-19-13(17(3,4)26-16(19)25)21-14(22)20(15(23)24-21)12-7-5-6-11(18)8-12/h5-8,10,13H,9H2,1-4H3. The summed E-state index contributed by atoms with van der Waals surface area (Å²) in [7, 11) is 0. The molecular formula is C17H20ClN3O3S2. The third-order valence-corrected chi connectivity index (χ3v) is 5.96. The largest absolute Gasteiger partial charge is 0.447 e. The van der Waals surface area contributed by atoms with E-state index in [9.17, 15) is 9.59 Å². The molecule has 1 fully saturated rings. The van der Waals surface area contributed by atoms with Crippen molar-refractivity contribution >= 4 is 39.9 Å². The van der Waals surface area contributed by atoms with Gasteiger partial charge in [0.05, 0.1) is 10.4 Å². The number of nitrogens with zero attached hydrogens (tertiary/aromatic N) is 3. The van der Waals surface area contributed by atoms with Crippen molar-refractivity contribution in [1.29, 1.82) is 0 Å². The second kappa shape index (κ2) is 6.90. The predicted octanol–water partition coefficient (Wildman–Crippen LogP) is 3.51. The van der Waals surface area contributed by atoms with Crippen molar-refractivity contribution in [3.05, 3.63) is 50.3 Å². The molecule has 1 aliphatic heterocycles. The van der Waals surface area contributed by atoms with Gasteiger partial charge < -0.3 is 9.42 Å². The number of rotatable bonds is 4. The van der Waals surface area contributed by atoms with Crippen molar-refractivity contribution in [3.63, 3.8) is 0 Å². The fraction of sp³-hybridized carbons (Fsp3) is 0.471. The Morgan fingerprint density at radius 1 is 1.35 bits per heavy atom. The number of hydrogen-bond donors (Lipinski definition) is 0. The SMILES string of the molecule is CC(C)CN1C(=S)SC(C)(C)C1n1oc(=O)n(-c2cccc(Cl)c2)c1=O. The van der Waals surface area contributed by atoms with Gasteiger partial charge in [0.15, 0.2) is 6.17 Å². The summed E-state index contributed by atoms with van der Waals surface area (Å²) in [4.78, 5) is 27.4. The summed E-state index contributed by atoms with van der Waals surface area (Å²) in [5.41, 5.74) is -0.175. The smallest absolute Gasteiger partial charge is 0.333 e. The van der Waals surface area contributed by atoms with Crippen molar-refractivity contribution in [1.82, 2.24) is 14.2 Å². The fourth-order valence-corrected chi connectivity index (χ4v) is 5.19. The van der Waals surface area contributed by atoms with Crippen LogP contribution in [0, 0.1) is 5.92 Å². The molecule has 1 atom stereocenters. The van der Waals surface area contributed by atoms with Crippen LogP contribution in [0.1, 0.15) is 33.9 Å². The molecule has 9 heteroatoms. The predicted molar refractivity (Wildman–Crippen MR) is 108 cm³/mol. The van der Waals surface area contributed by atoms with E-state index >= 15 is 0 Å². The normalized spacial score (nSPS) is 19.5. The summed E-state index contributed by atoms with van der Waals surface area (Å²) < 4.78 is 7.77. The molecule has 1 unspecified atom stereocenters. The van der Waals surface area contributed by atoms with Crippen molar-refractivity contribution in [2.24, 2.45) is 5.92 Å². The highest BCUT2D eigenvalue weighted by Gasteiger charge is 2.48. The Morgan fingerprint density at radius 2 is 2.04 bits per heavy atom. The third-order valence-electron chi connectivity index (χ3n) is 4.09. The number of thiocarbonyl (C=S) groups is 1. The summed E-state index contributed by atoms with van der Waals surface area (Å²) in [6.07, 6.45) is -0.483. The van der Waals surface area contributed by atoms with Gasteiger partial charge in [-0.3, -0.25) is 0 Å². The van der Waals surface area contributed by atoms with Gasteiger partial charge in [-0.05, 0) is 38.0 Å². The van der Waals surface area contributed by atoms with Gasteiger partial charge in [-0.25, -0.2) is 9.59 Å². The molecule has 3 rings (SSSR count). The molecule has 0 aliphatic carbocycles. The summed E-state index contributed by atoms with van der Waals surface area (Å²) >= 11 is 13.0. The lowest BCUT2D eigenvalue weighted by molar-refractivity contribution is 0.0842. The highest BCUT2D eigenvalue weighted by molar-refractivity contribution is 8.24. The zero-order valence-corrected chi connectivity index (χ0v) is 17.3. The Kier molecular flexibility index (Phi) is 5.11. The highest BCUT2D eigenvalue weighted by Crippen LogP contribution is 2.46. The van der Waals surface area contributed by atoms with Gasteiger partial charge in [-0.15, -0.1) is 4.74 Å². The molecule has 0 radical (unpaired) electrons. The number of benzene rings is 1. The Balaban J connectivity index is 2.14. The molecule has 0 saturated carbocycles. The zero-order valence-electron chi connectivity index (χ0n) is 14.9. The molecule has 2 heterocycles. The molecule has 0 N–H and O–H groups in total. The minimum absolute atomic E-state index is 0.336. The second-order valence-corrected chi connectivity index (χ2v) is 9.90. The van der Waals surface area contributed by atoms with Crippen LogP contribution < -0.4 is 11.4 Å². The van der Waals surface area contributed by atoms with Gasteiger partial charge in [0, 0.05) is 11.6 Å². The van der Waals surface area contributed by atoms with Crippen LogP contribution >= 0.6 is 35.6 Å². The number of thioether (sulfide) groups is 1. The topological polar surface area (TPSA) is 60.4 Å². The van der Waals surface area contributed by atoms with Gasteiger partial charge in [0.2, 0.25) is 0 Å². The van der Waals surface area contributed by atoms with Crippen LogP contribution in [0.3, 0.4) is 0 Å². The first-order chi connectivity index (χ1) is 12.1. The van der Waals surface area contributed by atoms with Gasteiger partial charge in [-0.2, -0.15) is 4.57 Å². The van der Waals surface area contributed by atoms with Crippen LogP contribution in [-0.4, -0.2) is 29.8 Å². The molecule has 6 nitrogen and oxygen atoms in total. The van der Waals surface area contributed by atoms with Crippen molar-refractivity contribution in [2.45, 2.75) is 38.6 Å². The minimum Gasteiger partial charge on any atom is -0.333 e. The first-order valence-electron chi connectivity index (χ1n) is 8.22. The van der Waals surface area contributed by atoms with E-state index in [2.05, 4.69) is 13.8 Å². The van der Waals surface area contributed by atoms with Crippen molar-refractivity contribution in [2.75, 3.05) is 6.54 Å². The average Bonchev–Trinajstić information content (AvgIpc) is 2.91. The molecule has 1 aromatic heterocycles. The van der Waals surface area contributed by atoms with E-state index in [1.807, 2.05) is 18.7 Å². The molecular weight excluding hydrogens is 394 g/mol. The Hall–Kier alpha value is -1.51. The van der Waals surface area contributed by atoms with Crippen molar-refractivity contribution < 1.29 is 4.52 Å². The molecule has 1 aromatic carbocycles. The second-order valence-electron chi connectivity index (χ2n) is 7.17. The third kappa shape index (κ3) is 3.37. The van der Waals surface area contributed by atoms with Crippen LogP contribution in [-0.2, 0) is 0 Å². The van der Waals surface area contributed by atoms with E-state index in [4.69, 9.17) is 28.3 Å². The molecule has 1 saturated heterocycles. The lowest BCUT2D eigenvalue weighted by Gasteiger charge is -2.31. The van der Waals surface area contributed by atoms with Crippen LogP contribution in [0.25, 0.3) is 5.69 Å². The van der Waals surface area contributed by atoms with E-state index in [1.165, 1.54) is 11.8 Å². The van der Waals surface area contributed by atoms with Crippen LogP contribution in [0.5, 0.6) is 0 Å². The number of halogens is 1. The molecule has 26 heavy (non-hydrogen) atoms. The van der Waals surface area contributed by atoms with Crippen LogP contribution in [0.2, 0.25) is 5.02 Å². The first-order valence-corrected chi connectivity index (χ1v) is 9.82. The van der Waals surface area contributed by atoms with E-state index in [-0.39, 0.29) is 0 Å². The number of aromatic nitrogens is 2.